The van der Waals surface area contributed by atoms with E-state index in [0.717, 1.165) is 0 Å². The molecule has 180 valence electrons. The normalized spacial score (nSPS) is 19.4. The second-order valence-corrected chi connectivity index (χ2v) is 11.8. The number of anilines is 1. The van der Waals surface area contributed by atoms with E-state index >= 15 is 0 Å². The Morgan fingerprint density at radius 1 is 1.09 bits per heavy atom. The van der Waals surface area contributed by atoms with E-state index in [4.69, 9.17) is 9.15 Å². The Morgan fingerprint density at radius 3 is 2.48 bits per heavy atom. The predicted octanol–water partition coefficient (Wildman–Crippen LogP) is 1.75. The summed E-state index contributed by atoms with van der Waals surface area (Å²) in [6.07, 6.45) is 2.71. The highest BCUT2D eigenvalue weighted by Gasteiger charge is 2.34. The summed E-state index contributed by atoms with van der Waals surface area (Å²) < 4.78 is 65.4. The summed E-state index contributed by atoms with van der Waals surface area (Å²) in [4.78, 5) is 14.0. The van der Waals surface area contributed by atoms with Gasteiger partial charge in [0, 0.05) is 32.7 Å². The zero-order valence-corrected chi connectivity index (χ0v) is 20.0. The summed E-state index contributed by atoms with van der Waals surface area (Å²) in [5.74, 6) is 0.128. The van der Waals surface area contributed by atoms with Gasteiger partial charge in [0.25, 0.3) is 5.91 Å². The molecule has 0 spiro atoms. The van der Waals surface area contributed by atoms with Crippen LogP contribution in [0.1, 0.15) is 30.3 Å². The van der Waals surface area contributed by atoms with Crippen LogP contribution in [0.25, 0.3) is 0 Å². The molecule has 0 atom stereocenters. The molecule has 0 N–H and O–H groups in total. The molecule has 0 aliphatic carbocycles. The van der Waals surface area contributed by atoms with E-state index in [2.05, 4.69) is 0 Å². The first-order valence-electron chi connectivity index (χ1n) is 10.8. The average molecular weight is 498 g/mol. The minimum Gasteiger partial charge on any atom is -0.492 e. The molecular formula is C21H27N3O7S2. The second-order valence-electron chi connectivity index (χ2n) is 7.83. The molecule has 2 fully saturated rings. The molecule has 0 radical (unpaired) electrons. The van der Waals surface area contributed by atoms with Gasteiger partial charge in [-0.3, -0.25) is 9.10 Å². The maximum Gasteiger partial charge on any atom is 0.289 e. The first-order valence-corrected chi connectivity index (χ1v) is 13.9. The Bertz CT molecular complexity index is 1200. The fourth-order valence-electron chi connectivity index (χ4n) is 4.03. The van der Waals surface area contributed by atoms with Crippen molar-refractivity contribution >= 4 is 31.6 Å². The number of sulfonamides is 2. The van der Waals surface area contributed by atoms with Crippen molar-refractivity contribution in [3.05, 3.63) is 42.4 Å². The fourth-order valence-corrected chi connectivity index (χ4v) is 7.24. The third-order valence-electron chi connectivity index (χ3n) is 5.74. The van der Waals surface area contributed by atoms with Crippen molar-refractivity contribution in [1.82, 2.24) is 9.21 Å². The summed E-state index contributed by atoms with van der Waals surface area (Å²) in [7, 11) is -7.49. The zero-order valence-electron chi connectivity index (χ0n) is 18.3. The number of rotatable bonds is 6. The van der Waals surface area contributed by atoms with Gasteiger partial charge in [0.2, 0.25) is 20.0 Å². The molecule has 2 aromatic rings. The Labute approximate surface area is 193 Å². The topological polar surface area (TPSA) is 117 Å². The number of hydrogen-bond acceptors (Lipinski definition) is 7. The van der Waals surface area contributed by atoms with Crippen molar-refractivity contribution in [2.75, 3.05) is 49.4 Å². The number of benzene rings is 1. The molecule has 0 saturated carbocycles. The lowest BCUT2D eigenvalue weighted by Crippen LogP contribution is -2.50. The maximum absolute atomic E-state index is 13.5. The van der Waals surface area contributed by atoms with Crippen LogP contribution in [-0.2, 0) is 20.0 Å². The van der Waals surface area contributed by atoms with E-state index < -0.39 is 20.0 Å². The van der Waals surface area contributed by atoms with Gasteiger partial charge in [-0.1, -0.05) is 0 Å². The SMILES string of the molecule is CCOc1ccc(N2CCCCS2(=O)=O)cc1S(=O)(=O)N1CCN(C(=O)c2ccco2)CC1. The van der Waals surface area contributed by atoms with Crippen LogP contribution in [0.4, 0.5) is 5.69 Å². The maximum atomic E-state index is 13.5. The van der Waals surface area contributed by atoms with Crippen molar-refractivity contribution in [3.63, 3.8) is 0 Å². The number of hydrogen-bond donors (Lipinski definition) is 0. The first kappa shape index (κ1) is 23.6. The molecule has 0 bridgehead atoms. The number of nitrogens with zero attached hydrogens (tertiary/aromatic N) is 3. The highest BCUT2D eigenvalue weighted by Crippen LogP contribution is 2.34. The minimum atomic E-state index is -3.99. The fraction of sp³-hybridized carbons (Fsp3) is 0.476. The van der Waals surface area contributed by atoms with Crippen molar-refractivity contribution in [2.45, 2.75) is 24.7 Å². The Balaban J connectivity index is 1.59. The lowest BCUT2D eigenvalue weighted by Gasteiger charge is -2.34. The van der Waals surface area contributed by atoms with Crippen LogP contribution in [0, 0.1) is 0 Å². The van der Waals surface area contributed by atoms with Crippen LogP contribution < -0.4 is 9.04 Å². The molecule has 12 heteroatoms. The molecule has 0 unspecified atom stereocenters. The molecule has 4 rings (SSSR count). The summed E-state index contributed by atoms with van der Waals surface area (Å²) in [5.41, 5.74) is 0.309. The molecule has 1 amide bonds. The molecule has 2 saturated heterocycles. The van der Waals surface area contributed by atoms with Gasteiger partial charge in [-0.05, 0) is 50.1 Å². The lowest BCUT2D eigenvalue weighted by atomic mass is 10.2. The van der Waals surface area contributed by atoms with Crippen LogP contribution in [0.2, 0.25) is 0 Å². The van der Waals surface area contributed by atoms with Gasteiger partial charge in [0.1, 0.15) is 10.6 Å². The Hall–Kier alpha value is -2.57. The van der Waals surface area contributed by atoms with Gasteiger partial charge in [0.15, 0.2) is 5.76 Å². The van der Waals surface area contributed by atoms with E-state index in [1.165, 1.54) is 27.0 Å². The van der Waals surface area contributed by atoms with Gasteiger partial charge in [-0.2, -0.15) is 4.31 Å². The number of ether oxygens (including phenoxy) is 1. The third kappa shape index (κ3) is 4.73. The van der Waals surface area contributed by atoms with Crippen molar-refractivity contribution in [2.24, 2.45) is 0 Å². The molecule has 1 aromatic heterocycles. The molecule has 3 heterocycles. The van der Waals surface area contributed by atoms with Crippen LogP contribution >= 0.6 is 0 Å². The van der Waals surface area contributed by atoms with E-state index in [-0.39, 0.29) is 60.9 Å². The number of furan rings is 1. The van der Waals surface area contributed by atoms with E-state index in [1.807, 2.05) is 0 Å². The van der Waals surface area contributed by atoms with Crippen molar-refractivity contribution in [1.29, 1.82) is 0 Å². The largest absolute Gasteiger partial charge is 0.492 e. The standard InChI is InChI=1S/C21H27N3O7S2/c1-2-30-18-8-7-17(24-9-3-4-15-32(24,26)27)16-20(18)33(28,29)23-12-10-22(11-13-23)21(25)19-6-5-14-31-19/h5-8,14,16H,2-4,9-13,15H2,1H3. The highest BCUT2D eigenvalue weighted by molar-refractivity contribution is 7.92. The Kier molecular flexibility index (Phi) is 6.68. The van der Waals surface area contributed by atoms with E-state index in [0.29, 0.717) is 25.1 Å². The predicted molar refractivity (Wildman–Crippen MR) is 121 cm³/mol. The van der Waals surface area contributed by atoms with Crippen LogP contribution in [0.5, 0.6) is 5.75 Å². The van der Waals surface area contributed by atoms with Crippen molar-refractivity contribution in [3.8, 4) is 5.75 Å². The smallest absolute Gasteiger partial charge is 0.289 e. The number of piperazine rings is 1. The summed E-state index contributed by atoms with van der Waals surface area (Å²) in [5, 5.41) is 0. The second kappa shape index (κ2) is 9.35. The summed E-state index contributed by atoms with van der Waals surface area (Å²) >= 11 is 0. The summed E-state index contributed by atoms with van der Waals surface area (Å²) in [6.45, 7) is 2.95. The molecule has 2 aliphatic rings. The number of carbonyl (C=O) groups is 1. The third-order valence-corrected chi connectivity index (χ3v) is 9.53. The van der Waals surface area contributed by atoms with Crippen LogP contribution in [0.15, 0.2) is 45.9 Å². The lowest BCUT2D eigenvalue weighted by molar-refractivity contribution is 0.0666. The quantitative estimate of drug-likeness (QED) is 0.597. The highest BCUT2D eigenvalue weighted by atomic mass is 32.2. The summed E-state index contributed by atoms with van der Waals surface area (Å²) in [6, 6.07) is 7.65. The number of carbonyl (C=O) groups excluding carboxylic acids is 1. The monoisotopic (exact) mass is 497 g/mol. The van der Waals surface area contributed by atoms with Crippen LogP contribution in [0.3, 0.4) is 0 Å². The van der Waals surface area contributed by atoms with E-state index in [1.54, 1.807) is 30.0 Å². The Morgan fingerprint density at radius 2 is 1.85 bits per heavy atom. The van der Waals surface area contributed by atoms with Gasteiger partial charge in [-0.15, -0.1) is 0 Å². The van der Waals surface area contributed by atoms with Crippen molar-refractivity contribution < 1.29 is 30.8 Å². The average Bonchev–Trinajstić information content (AvgIpc) is 3.34. The molecule has 10 nitrogen and oxygen atoms in total. The molecule has 1 aromatic carbocycles. The van der Waals surface area contributed by atoms with E-state index in [9.17, 15) is 21.6 Å². The van der Waals surface area contributed by atoms with Gasteiger partial charge in [-0.25, -0.2) is 16.8 Å². The molecule has 2 aliphatic heterocycles. The zero-order chi connectivity index (χ0) is 23.6. The minimum absolute atomic E-state index is 0.0357. The van der Waals surface area contributed by atoms with Gasteiger partial charge >= 0.3 is 0 Å². The first-order chi connectivity index (χ1) is 15.7. The van der Waals surface area contributed by atoms with Gasteiger partial charge in [0.05, 0.1) is 24.3 Å². The molecular weight excluding hydrogens is 470 g/mol. The van der Waals surface area contributed by atoms with Gasteiger partial charge < -0.3 is 14.1 Å². The molecule has 33 heavy (non-hydrogen) atoms. The number of amides is 1. The van der Waals surface area contributed by atoms with Crippen LogP contribution in [-0.4, -0.2) is 77.0 Å².